The lowest BCUT2D eigenvalue weighted by atomic mass is 10.00. The summed E-state index contributed by atoms with van der Waals surface area (Å²) in [6.45, 7) is 9.59. The Morgan fingerprint density at radius 1 is 1.14 bits per heavy atom. The average molecular weight is 504 g/mol. The van der Waals surface area contributed by atoms with E-state index in [1.54, 1.807) is 65.8 Å². The Morgan fingerprint density at radius 2 is 1.75 bits per heavy atom. The molecule has 0 aliphatic heterocycles. The number of esters is 1. The number of amides is 3. The number of aliphatic hydroxyl groups excluding tert-OH is 1. The predicted molar refractivity (Wildman–Crippen MR) is 134 cm³/mol. The van der Waals surface area contributed by atoms with Crippen LogP contribution in [0.3, 0.4) is 0 Å². The van der Waals surface area contributed by atoms with Gasteiger partial charge in [-0.1, -0.05) is 18.1 Å². The number of aliphatic hydroxyl groups is 1. The molecule has 3 amide bonds. The van der Waals surface area contributed by atoms with Gasteiger partial charge in [0, 0.05) is 18.2 Å². The van der Waals surface area contributed by atoms with Crippen LogP contribution in [0.2, 0.25) is 0 Å². The zero-order valence-corrected chi connectivity index (χ0v) is 21.8. The topological polar surface area (TPSA) is 134 Å². The van der Waals surface area contributed by atoms with Gasteiger partial charge in [0.25, 0.3) is 0 Å². The van der Waals surface area contributed by atoms with Gasteiger partial charge in [0.2, 0.25) is 11.8 Å². The van der Waals surface area contributed by atoms with Crippen LogP contribution >= 0.6 is 0 Å². The Balaban J connectivity index is 3.30. The molecule has 1 rings (SSSR count). The number of benzene rings is 1. The highest BCUT2D eigenvalue weighted by Crippen LogP contribution is 2.25. The third kappa shape index (κ3) is 9.58. The fraction of sp³-hybridized carbons (Fsp3) is 0.538. The van der Waals surface area contributed by atoms with Crippen molar-refractivity contribution in [1.82, 2.24) is 15.5 Å². The van der Waals surface area contributed by atoms with E-state index < -0.39 is 54.2 Å². The summed E-state index contributed by atoms with van der Waals surface area (Å²) < 4.78 is 10.1. The van der Waals surface area contributed by atoms with Gasteiger partial charge in [0.05, 0.1) is 19.6 Å². The van der Waals surface area contributed by atoms with Crippen molar-refractivity contribution in [1.29, 1.82) is 0 Å². The molecule has 2 unspecified atom stereocenters. The lowest BCUT2D eigenvalue weighted by Gasteiger charge is -2.36. The Hall–Kier alpha value is -3.58. The van der Waals surface area contributed by atoms with E-state index in [4.69, 9.17) is 15.9 Å². The van der Waals surface area contributed by atoms with Gasteiger partial charge in [-0.3, -0.25) is 14.4 Å². The van der Waals surface area contributed by atoms with Crippen molar-refractivity contribution in [2.45, 2.75) is 71.7 Å². The maximum atomic E-state index is 13.5. The van der Waals surface area contributed by atoms with E-state index in [9.17, 15) is 24.3 Å². The van der Waals surface area contributed by atoms with Crippen molar-refractivity contribution in [2.75, 3.05) is 19.8 Å². The quantitative estimate of drug-likeness (QED) is 0.310. The number of ether oxygens (including phenoxy) is 2. The fourth-order valence-corrected chi connectivity index (χ4v) is 3.31. The fourth-order valence-electron chi connectivity index (χ4n) is 3.31. The average Bonchev–Trinajstić information content (AvgIpc) is 2.79. The predicted octanol–water partition coefficient (Wildman–Crippen LogP) is 1.90. The van der Waals surface area contributed by atoms with Crippen LogP contribution in [0.1, 0.15) is 65.1 Å². The van der Waals surface area contributed by atoms with Gasteiger partial charge in [0.15, 0.2) is 0 Å². The first-order valence-corrected chi connectivity index (χ1v) is 11.8. The normalized spacial score (nSPS) is 12.6. The smallest absolute Gasteiger partial charge is 0.408 e. The van der Waals surface area contributed by atoms with Crippen molar-refractivity contribution in [3.05, 3.63) is 35.4 Å². The number of rotatable bonds is 11. The first-order chi connectivity index (χ1) is 16.8. The second-order valence-corrected chi connectivity index (χ2v) is 9.24. The zero-order chi connectivity index (χ0) is 27.5. The molecular formula is C26H37N3O7. The SMILES string of the molecule is C#Cc1ccc(C(C(=O)NCCC(=O)OCC)N(C(=O)C(CO)NC(=O)OC(C)(C)C)C(C)C)cc1. The summed E-state index contributed by atoms with van der Waals surface area (Å²) in [6.07, 6.45) is 4.51. The molecule has 10 heteroatoms. The molecule has 0 fully saturated rings. The summed E-state index contributed by atoms with van der Waals surface area (Å²) in [5, 5.41) is 14.9. The summed E-state index contributed by atoms with van der Waals surface area (Å²) in [7, 11) is 0. The monoisotopic (exact) mass is 503 g/mol. The van der Waals surface area contributed by atoms with E-state index in [-0.39, 0.29) is 19.6 Å². The second kappa shape index (κ2) is 14.1. The number of carbonyl (C=O) groups excluding carboxylic acids is 4. The van der Waals surface area contributed by atoms with Crippen LogP contribution in [-0.2, 0) is 23.9 Å². The molecule has 0 aliphatic carbocycles. The van der Waals surface area contributed by atoms with Crippen molar-refractivity contribution >= 4 is 23.9 Å². The van der Waals surface area contributed by atoms with Crippen molar-refractivity contribution in [3.8, 4) is 12.3 Å². The number of hydrogen-bond acceptors (Lipinski definition) is 7. The molecule has 0 aromatic heterocycles. The minimum absolute atomic E-state index is 0.00365. The molecule has 0 saturated heterocycles. The van der Waals surface area contributed by atoms with Crippen molar-refractivity contribution in [3.63, 3.8) is 0 Å². The van der Waals surface area contributed by atoms with Crippen LogP contribution in [0, 0.1) is 12.3 Å². The van der Waals surface area contributed by atoms with Gasteiger partial charge < -0.3 is 30.1 Å². The number of alkyl carbamates (subject to hydrolysis) is 1. The minimum Gasteiger partial charge on any atom is -0.466 e. The van der Waals surface area contributed by atoms with E-state index >= 15 is 0 Å². The molecule has 0 bridgehead atoms. The molecule has 10 nitrogen and oxygen atoms in total. The van der Waals surface area contributed by atoms with Crippen LogP contribution < -0.4 is 10.6 Å². The maximum Gasteiger partial charge on any atom is 0.408 e. The third-order valence-electron chi connectivity index (χ3n) is 4.84. The molecule has 36 heavy (non-hydrogen) atoms. The lowest BCUT2D eigenvalue weighted by molar-refractivity contribution is -0.146. The van der Waals surface area contributed by atoms with Gasteiger partial charge in [-0.2, -0.15) is 0 Å². The molecular weight excluding hydrogens is 466 g/mol. The summed E-state index contributed by atoms with van der Waals surface area (Å²) in [6, 6.07) is 3.52. The molecule has 3 N–H and O–H groups in total. The standard InChI is InChI=1S/C26H37N3O7/c1-8-18-10-12-19(13-11-18)22(23(32)27-15-14-21(31)35-9-2)29(17(3)4)24(33)20(16-30)28-25(34)36-26(5,6)7/h1,10-13,17,20,22,30H,9,14-16H2,2-7H3,(H,27,32)(H,28,34). The molecule has 1 aromatic carbocycles. The summed E-state index contributed by atoms with van der Waals surface area (Å²) in [4.78, 5) is 52.1. The van der Waals surface area contributed by atoms with Crippen LogP contribution in [0.15, 0.2) is 24.3 Å². The summed E-state index contributed by atoms with van der Waals surface area (Å²) in [5.74, 6) is 0.788. The molecule has 2 atom stereocenters. The largest absolute Gasteiger partial charge is 0.466 e. The first-order valence-electron chi connectivity index (χ1n) is 11.8. The zero-order valence-electron chi connectivity index (χ0n) is 21.8. The highest BCUT2D eigenvalue weighted by atomic mass is 16.6. The van der Waals surface area contributed by atoms with Crippen LogP contribution in [0.4, 0.5) is 4.79 Å². The molecule has 0 saturated carbocycles. The van der Waals surface area contributed by atoms with E-state index in [1.165, 1.54) is 4.90 Å². The first kappa shape index (κ1) is 30.5. The number of carbonyl (C=O) groups is 4. The molecule has 0 aliphatic rings. The van der Waals surface area contributed by atoms with Gasteiger partial charge in [-0.15, -0.1) is 6.42 Å². The van der Waals surface area contributed by atoms with E-state index in [0.717, 1.165) is 0 Å². The van der Waals surface area contributed by atoms with Gasteiger partial charge >= 0.3 is 12.1 Å². The number of hydrogen-bond donors (Lipinski definition) is 3. The Labute approximate surface area is 212 Å². The highest BCUT2D eigenvalue weighted by Gasteiger charge is 2.37. The second-order valence-electron chi connectivity index (χ2n) is 9.24. The van der Waals surface area contributed by atoms with Crippen molar-refractivity contribution < 1.29 is 33.8 Å². The van der Waals surface area contributed by atoms with E-state index in [1.807, 2.05) is 0 Å². The Bertz CT molecular complexity index is 946. The summed E-state index contributed by atoms with van der Waals surface area (Å²) in [5.41, 5.74) is 0.228. The third-order valence-corrected chi connectivity index (χ3v) is 4.84. The number of terminal acetylenes is 1. The highest BCUT2D eigenvalue weighted by molar-refractivity contribution is 5.92. The maximum absolute atomic E-state index is 13.5. The van der Waals surface area contributed by atoms with Gasteiger partial charge in [-0.05, 0) is 59.2 Å². The minimum atomic E-state index is -1.36. The van der Waals surface area contributed by atoms with Crippen molar-refractivity contribution in [2.24, 2.45) is 0 Å². The van der Waals surface area contributed by atoms with Gasteiger partial charge in [-0.25, -0.2) is 4.79 Å². The van der Waals surface area contributed by atoms with Crippen LogP contribution in [0.25, 0.3) is 0 Å². The number of nitrogens with zero attached hydrogens (tertiary/aromatic N) is 1. The Kier molecular flexibility index (Phi) is 11.9. The summed E-state index contributed by atoms with van der Waals surface area (Å²) >= 11 is 0. The number of nitrogens with one attached hydrogen (secondary N) is 2. The van der Waals surface area contributed by atoms with E-state index in [2.05, 4.69) is 16.6 Å². The molecule has 0 heterocycles. The molecule has 0 radical (unpaired) electrons. The Morgan fingerprint density at radius 3 is 2.22 bits per heavy atom. The van der Waals surface area contributed by atoms with E-state index in [0.29, 0.717) is 11.1 Å². The molecule has 1 aromatic rings. The lowest BCUT2D eigenvalue weighted by Crippen LogP contribution is -2.56. The van der Waals surface area contributed by atoms with Crippen LogP contribution in [0.5, 0.6) is 0 Å². The van der Waals surface area contributed by atoms with Gasteiger partial charge in [0.1, 0.15) is 17.7 Å². The molecule has 198 valence electrons. The molecule has 0 spiro atoms. The van der Waals surface area contributed by atoms with Crippen LogP contribution in [-0.4, -0.2) is 71.3 Å².